The first-order chi connectivity index (χ1) is 8.44. The summed E-state index contributed by atoms with van der Waals surface area (Å²) in [6.45, 7) is 2.68. The lowest BCUT2D eigenvalue weighted by atomic mass is 10.2. The molecule has 0 aliphatic heterocycles. The maximum Gasteiger partial charge on any atom is 0.212 e. The molecule has 0 radical (unpaired) electrons. The highest BCUT2D eigenvalue weighted by molar-refractivity contribution is 9.10. The average Bonchev–Trinajstić information content (AvgIpc) is 2.29. The molecule has 0 fully saturated rings. The van der Waals surface area contributed by atoms with Crippen LogP contribution >= 0.6 is 15.9 Å². The molecule has 18 heavy (non-hydrogen) atoms. The van der Waals surface area contributed by atoms with Crippen LogP contribution in [0.1, 0.15) is 12.5 Å². The van der Waals surface area contributed by atoms with Crippen LogP contribution in [0.25, 0.3) is 0 Å². The fourth-order valence-electron chi connectivity index (χ4n) is 1.40. The van der Waals surface area contributed by atoms with Crippen molar-refractivity contribution < 1.29 is 12.8 Å². The standard InChI is InChI=1S/C11H16BrFN2O2S/c1-2-15-18(16,17)6-5-14-8-9-7-10(12)3-4-11(9)13/h3-4,7,14-15H,2,5-6,8H2,1H3. The van der Waals surface area contributed by atoms with E-state index in [1.807, 2.05) is 0 Å². The van der Waals surface area contributed by atoms with Crippen LogP contribution in [-0.4, -0.2) is 27.3 Å². The zero-order chi connectivity index (χ0) is 13.6. The van der Waals surface area contributed by atoms with Gasteiger partial charge in [-0.3, -0.25) is 0 Å². The van der Waals surface area contributed by atoms with Crippen molar-refractivity contribution >= 4 is 26.0 Å². The molecular formula is C11H16BrFN2O2S. The van der Waals surface area contributed by atoms with Gasteiger partial charge in [-0.1, -0.05) is 22.9 Å². The molecule has 1 rings (SSSR count). The van der Waals surface area contributed by atoms with Crippen molar-refractivity contribution in [2.24, 2.45) is 0 Å². The maximum atomic E-state index is 13.4. The number of nitrogens with one attached hydrogen (secondary N) is 2. The molecule has 1 aromatic rings. The van der Waals surface area contributed by atoms with Crippen LogP contribution in [0.4, 0.5) is 4.39 Å². The second-order valence-corrected chi connectivity index (χ2v) is 6.57. The summed E-state index contributed by atoms with van der Waals surface area (Å²) in [6.07, 6.45) is 0. The van der Waals surface area contributed by atoms with Crippen molar-refractivity contribution in [2.45, 2.75) is 13.5 Å². The SMILES string of the molecule is CCNS(=O)(=O)CCNCc1cc(Br)ccc1F. The summed E-state index contributed by atoms with van der Waals surface area (Å²) in [5.41, 5.74) is 0.505. The van der Waals surface area contributed by atoms with Gasteiger partial charge in [-0.2, -0.15) is 0 Å². The molecule has 0 amide bonds. The number of halogens is 2. The van der Waals surface area contributed by atoms with E-state index in [9.17, 15) is 12.8 Å². The first-order valence-electron chi connectivity index (χ1n) is 5.56. The largest absolute Gasteiger partial charge is 0.312 e. The normalized spacial score (nSPS) is 11.7. The first-order valence-corrected chi connectivity index (χ1v) is 8.01. The molecule has 0 saturated heterocycles. The molecular weight excluding hydrogens is 323 g/mol. The van der Waals surface area contributed by atoms with E-state index in [1.165, 1.54) is 6.07 Å². The minimum absolute atomic E-state index is 0.0174. The molecule has 0 aliphatic rings. The lowest BCUT2D eigenvalue weighted by Gasteiger charge is -2.07. The molecule has 0 heterocycles. The minimum atomic E-state index is -3.22. The van der Waals surface area contributed by atoms with Crippen LogP contribution in [-0.2, 0) is 16.6 Å². The molecule has 0 atom stereocenters. The molecule has 7 heteroatoms. The second-order valence-electron chi connectivity index (χ2n) is 3.73. The van der Waals surface area contributed by atoms with Crippen LogP contribution in [0.5, 0.6) is 0 Å². The van der Waals surface area contributed by atoms with Crippen molar-refractivity contribution in [3.63, 3.8) is 0 Å². The molecule has 102 valence electrons. The molecule has 2 N–H and O–H groups in total. The number of hydrogen-bond acceptors (Lipinski definition) is 3. The molecule has 0 unspecified atom stereocenters. The van der Waals surface area contributed by atoms with Gasteiger partial charge >= 0.3 is 0 Å². The Balaban J connectivity index is 2.40. The van der Waals surface area contributed by atoms with Crippen LogP contribution in [0.3, 0.4) is 0 Å². The Hall–Kier alpha value is -0.500. The molecule has 4 nitrogen and oxygen atoms in total. The van der Waals surface area contributed by atoms with E-state index >= 15 is 0 Å². The smallest absolute Gasteiger partial charge is 0.212 e. The first kappa shape index (κ1) is 15.6. The Bertz CT molecular complexity index is 494. The monoisotopic (exact) mass is 338 g/mol. The van der Waals surface area contributed by atoms with E-state index in [2.05, 4.69) is 26.0 Å². The zero-order valence-corrected chi connectivity index (χ0v) is 12.4. The topological polar surface area (TPSA) is 58.2 Å². The Morgan fingerprint density at radius 1 is 1.39 bits per heavy atom. The van der Waals surface area contributed by atoms with E-state index in [-0.39, 0.29) is 18.1 Å². The zero-order valence-electron chi connectivity index (χ0n) is 10.0. The van der Waals surface area contributed by atoms with Gasteiger partial charge in [0, 0.05) is 29.7 Å². The highest BCUT2D eigenvalue weighted by atomic mass is 79.9. The summed E-state index contributed by atoms with van der Waals surface area (Å²) in [5, 5.41) is 2.90. The number of hydrogen-bond donors (Lipinski definition) is 2. The third-order valence-corrected chi connectivity index (χ3v) is 4.20. The Labute approximate surface area is 115 Å². The van der Waals surface area contributed by atoms with E-state index in [0.717, 1.165) is 4.47 Å². The van der Waals surface area contributed by atoms with Gasteiger partial charge in [-0.25, -0.2) is 17.5 Å². The Kier molecular flexibility index (Phi) is 6.20. The van der Waals surface area contributed by atoms with Crippen molar-refractivity contribution in [1.29, 1.82) is 0 Å². The molecule has 1 aromatic carbocycles. The Morgan fingerprint density at radius 2 is 2.11 bits per heavy atom. The highest BCUT2D eigenvalue weighted by Gasteiger charge is 2.08. The predicted molar refractivity (Wildman–Crippen MR) is 73.3 cm³/mol. The van der Waals surface area contributed by atoms with E-state index in [0.29, 0.717) is 18.7 Å². The van der Waals surface area contributed by atoms with Crippen LogP contribution < -0.4 is 10.0 Å². The van der Waals surface area contributed by atoms with Gasteiger partial charge in [0.05, 0.1) is 5.75 Å². The summed E-state index contributed by atoms with van der Waals surface area (Å²) in [4.78, 5) is 0. The van der Waals surface area contributed by atoms with Gasteiger partial charge in [0.15, 0.2) is 0 Å². The molecule has 0 spiro atoms. The lowest BCUT2D eigenvalue weighted by Crippen LogP contribution is -2.31. The predicted octanol–water partition coefficient (Wildman–Crippen LogP) is 1.62. The van der Waals surface area contributed by atoms with Gasteiger partial charge in [0.25, 0.3) is 0 Å². The average molecular weight is 339 g/mol. The van der Waals surface area contributed by atoms with Crippen LogP contribution in [0.15, 0.2) is 22.7 Å². The third kappa shape index (κ3) is 5.43. The molecule has 0 aromatic heterocycles. The lowest BCUT2D eigenvalue weighted by molar-refractivity contribution is 0.574. The van der Waals surface area contributed by atoms with Gasteiger partial charge in [-0.15, -0.1) is 0 Å². The van der Waals surface area contributed by atoms with Crippen LogP contribution in [0.2, 0.25) is 0 Å². The van der Waals surface area contributed by atoms with Crippen LogP contribution in [0, 0.1) is 5.82 Å². The summed E-state index contributed by atoms with van der Waals surface area (Å²) in [7, 11) is -3.22. The summed E-state index contributed by atoms with van der Waals surface area (Å²) < 4.78 is 39.2. The van der Waals surface area contributed by atoms with Crippen molar-refractivity contribution in [1.82, 2.24) is 10.0 Å². The Morgan fingerprint density at radius 3 is 2.78 bits per heavy atom. The number of rotatable bonds is 7. The fourth-order valence-corrected chi connectivity index (χ4v) is 2.81. The van der Waals surface area contributed by atoms with Crippen molar-refractivity contribution in [3.05, 3.63) is 34.1 Å². The summed E-state index contributed by atoms with van der Waals surface area (Å²) >= 11 is 3.26. The molecule has 0 saturated carbocycles. The summed E-state index contributed by atoms with van der Waals surface area (Å²) in [6, 6.07) is 4.66. The number of sulfonamides is 1. The van der Waals surface area contributed by atoms with E-state index in [1.54, 1.807) is 19.1 Å². The van der Waals surface area contributed by atoms with Gasteiger partial charge in [0.1, 0.15) is 5.82 Å². The van der Waals surface area contributed by atoms with Gasteiger partial charge in [-0.05, 0) is 18.2 Å². The maximum absolute atomic E-state index is 13.4. The minimum Gasteiger partial charge on any atom is -0.312 e. The van der Waals surface area contributed by atoms with Gasteiger partial charge < -0.3 is 5.32 Å². The van der Waals surface area contributed by atoms with Gasteiger partial charge in [0.2, 0.25) is 10.0 Å². The quantitative estimate of drug-likeness (QED) is 0.742. The molecule has 0 bridgehead atoms. The fraction of sp³-hybridized carbons (Fsp3) is 0.455. The van der Waals surface area contributed by atoms with E-state index < -0.39 is 10.0 Å². The second kappa shape index (κ2) is 7.18. The van der Waals surface area contributed by atoms with Crippen molar-refractivity contribution in [3.8, 4) is 0 Å². The highest BCUT2D eigenvalue weighted by Crippen LogP contribution is 2.15. The van der Waals surface area contributed by atoms with E-state index in [4.69, 9.17) is 0 Å². The number of benzene rings is 1. The summed E-state index contributed by atoms with van der Waals surface area (Å²) in [5.74, 6) is -0.323. The van der Waals surface area contributed by atoms with Crippen molar-refractivity contribution in [2.75, 3.05) is 18.8 Å². The molecule has 0 aliphatic carbocycles. The third-order valence-electron chi connectivity index (χ3n) is 2.24.